The van der Waals surface area contributed by atoms with Gasteiger partial charge >= 0.3 is 0 Å². The zero-order valence-electron chi connectivity index (χ0n) is 16.0. The van der Waals surface area contributed by atoms with E-state index in [4.69, 9.17) is 0 Å². The number of hydrogen-bond acceptors (Lipinski definition) is 6. The molecule has 0 aliphatic carbocycles. The fourth-order valence-electron chi connectivity index (χ4n) is 2.55. The lowest BCUT2D eigenvalue weighted by Crippen LogP contribution is -2.15. The second kappa shape index (κ2) is 8.31. The van der Waals surface area contributed by atoms with Gasteiger partial charge in [0.2, 0.25) is 5.95 Å². The first-order chi connectivity index (χ1) is 13.4. The number of aryl methyl sites for hydroxylation is 1. The number of benzene rings is 2. The molecule has 7 heteroatoms. The van der Waals surface area contributed by atoms with E-state index >= 15 is 0 Å². The third-order valence-corrected chi connectivity index (χ3v) is 6.44. The molecule has 28 heavy (non-hydrogen) atoms. The summed E-state index contributed by atoms with van der Waals surface area (Å²) in [5.74, 6) is 0.330. The summed E-state index contributed by atoms with van der Waals surface area (Å²) in [5, 5.41) is 3.62. The zero-order chi connectivity index (χ0) is 20.1. The fraction of sp³-hybridized carbons (Fsp3) is 0.190. The van der Waals surface area contributed by atoms with Crippen LogP contribution in [0.25, 0.3) is 11.1 Å². The number of aromatic nitrogens is 2. The van der Waals surface area contributed by atoms with Gasteiger partial charge in [-0.1, -0.05) is 48.0 Å². The smallest absolute Gasteiger partial charge is 0.243 e. The molecule has 1 aromatic heterocycles. The minimum absolute atomic E-state index is 0.284. The fourth-order valence-corrected chi connectivity index (χ4v) is 3.82. The third kappa shape index (κ3) is 4.43. The van der Waals surface area contributed by atoms with Gasteiger partial charge in [0.05, 0.1) is 16.4 Å². The van der Waals surface area contributed by atoms with Gasteiger partial charge in [-0.05, 0) is 32.4 Å². The Bertz CT molecular complexity index is 1070. The van der Waals surface area contributed by atoms with Crippen molar-refractivity contribution < 1.29 is 8.42 Å². The molecule has 0 saturated heterocycles. The van der Waals surface area contributed by atoms with Crippen LogP contribution >= 0.6 is 0 Å². The summed E-state index contributed by atoms with van der Waals surface area (Å²) in [4.78, 5) is 8.76. The molecule has 1 heterocycles. The monoisotopic (exact) mass is 394 g/mol. The second-order valence-electron chi connectivity index (χ2n) is 6.67. The van der Waals surface area contributed by atoms with Crippen molar-refractivity contribution in [3.05, 3.63) is 72.1 Å². The van der Waals surface area contributed by atoms with Crippen LogP contribution in [0.4, 0.5) is 5.95 Å². The molecule has 0 bridgehead atoms. The molecular formula is C21H22N4O2S. The quantitative estimate of drug-likeness (QED) is 0.503. The SMILES string of the molecule is Cc1ccc(/C=N/Nc2ncc(-c3ccccc3S(=O)(=O)C(C)C)cn2)cc1. The Morgan fingerprint density at radius 2 is 1.64 bits per heavy atom. The molecule has 0 radical (unpaired) electrons. The van der Waals surface area contributed by atoms with Crippen LogP contribution in [0.3, 0.4) is 0 Å². The van der Waals surface area contributed by atoms with E-state index in [1.165, 1.54) is 5.56 Å². The van der Waals surface area contributed by atoms with Crippen LogP contribution in [0, 0.1) is 6.92 Å². The average Bonchev–Trinajstić information content (AvgIpc) is 2.70. The number of sulfone groups is 1. The maximum atomic E-state index is 12.6. The van der Waals surface area contributed by atoms with Gasteiger partial charge in [0, 0.05) is 23.5 Å². The highest BCUT2D eigenvalue weighted by Gasteiger charge is 2.23. The van der Waals surface area contributed by atoms with Crippen molar-refractivity contribution in [3.63, 3.8) is 0 Å². The Morgan fingerprint density at radius 3 is 2.29 bits per heavy atom. The van der Waals surface area contributed by atoms with E-state index in [2.05, 4.69) is 20.5 Å². The van der Waals surface area contributed by atoms with Gasteiger partial charge in [-0.25, -0.2) is 23.8 Å². The van der Waals surface area contributed by atoms with E-state index in [0.717, 1.165) is 5.56 Å². The number of hydrogen-bond donors (Lipinski definition) is 1. The molecule has 0 atom stereocenters. The Hall–Kier alpha value is -3.06. The van der Waals surface area contributed by atoms with Crippen LogP contribution in [-0.4, -0.2) is 29.9 Å². The van der Waals surface area contributed by atoms with Crippen LogP contribution in [0.5, 0.6) is 0 Å². The second-order valence-corrected chi connectivity index (χ2v) is 9.14. The highest BCUT2D eigenvalue weighted by Crippen LogP contribution is 2.29. The topological polar surface area (TPSA) is 84.3 Å². The van der Waals surface area contributed by atoms with Crippen LogP contribution in [0.15, 0.2) is 70.9 Å². The Balaban J connectivity index is 1.79. The molecule has 1 N–H and O–H groups in total. The lowest BCUT2D eigenvalue weighted by atomic mass is 10.1. The Morgan fingerprint density at radius 1 is 1.00 bits per heavy atom. The van der Waals surface area contributed by atoms with Crippen molar-refractivity contribution >= 4 is 22.0 Å². The lowest BCUT2D eigenvalue weighted by molar-refractivity contribution is 0.587. The Kier molecular flexibility index (Phi) is 5.84. The average molecular weight is 395 g/mol. The van der Waals surface area contributed by atoms with Crippen molar-refractivity contribution in [2.24, 2.45) is 5.10 Å². The first-order valence-electron chi connectivity index (χ1n) is 8.89. The summed E-state index contributed by atoms with van der Waals surface area (Å²) in [7, 11) is -3.41. The summed E-state index contributed by atoms with van der Waals surface area (Å²) >= 11 is 0. The molecule has 3 rings (SSSR count). The lowest BCUT2D eigenvalue weighted by Gasteiger charge is -2.12. The summed E-state index contributed by atoms with van der Waals surface area (Å²) in [6.07, 6.45) is 4.86. The van der Waals surface area contributed by atoms with Crippen LogP contribution in [-0.2, 0) is 9.84 Å². The molecule has 0 unspecified atom stereocenters. The van der Waals surface area contributed by atoms with Gasteiger partial charge in [-0.3, -0.25) is 0 Å². The molecule has 144 valence electrons. The highest BCUT2D eigenvalue weighted by molar-refractivity contribution is 7.92. The van der Waals surface area contributed by atoms with Gasteiger partial charge in [0.1, 0.15) is 0 Å². The summed E-state index contributed by atoms with van der Waals surface area (Å²) in [5.41, 5.74) is 6.14. The molecule has 0 amide bonds. The van der Waals surface area contributed by atoms with E-state index in [-0.39, 0.29) is 4.90 Å². The molecule has 3 aromatic rings. The van der Waals surface area contributed by atoms with Gasteiger partial charge in [0.25, 0.3) is 0 Å². The first kappa shape index (κ1) is 19.7. The predicted molar refractivity (Wildman–Crippen MR) is 112 cm³/mol. The maximum absolute atomic E-state index is 12.6. The maximum Gasteiger partial charge on any atom is 0.243 e. The largest absolute Gasteiger partial charge is 0.245 e. The number of rotatable bonds is 6. The predicted octanol–water partition coefficient (Wildman–Crippen LogP) is 4.08. The van der Waals surface area contributed by atoms with Crippen molar-refractivity contribution in [3.8, 4) is 11.1 Å². The molecule has 0 saturated carbocycles. The van der Waals surface area contributed by atoms with E-state index in [1.54, 1.807) is 56.7 Å². The molecule has 0 spiro atoms. The first-order valence-corrected chi connectivity index (χ1v) is 10.4. The highest BCUT2D eigenvalue weighted by atomic mass is 32.2. The van der Waals surface area contributed by atoms with Crippen LogP contribution in [0.2, 0.25) is 0 Å². The number of anilines is 1. The number of nitrogens with one attached hydrogen (secondary N) is 1. The summed E-state index contributed by atoms with van der Waals surface area (Å²) < 4.78 is 25.2. The molecule has 0 fully saturated rings. The molecule has 6 nitrogen and oxygen atoms in total. The van der Waals surface area contributed by atoms with Gasteiger partial charge < -0.3 is 0 Å². The number of hydrazone groups is 1. The van der Waals surface area contributed by atoms with E-state index < -0.39 is 15.1 Å². The van der Waals surface area contributed by atoms with Gasteiger partial charge in [0.15, 0.2) is 9.84 Å². The van der Waals surface area contributed by atoms with E-state index in [9.17, 15) is 8.42 Å². The van der Waals surface area contributed by atoms with E-state index in [0.29, 0.717) is 17.1 Å². The summed E-state index contributed by atoms with van der Waals surface area (Å²) in [6.45, 7) is 5.36. The normalized spacial score (nSPS) is 11.9. The third-order valence-electron chi connectivity index (χ3n) is 4.23. The minimum atomic E-state index is -3.41. The van der Waals surface area contributed by atoms with Gasteiger partial charge in [-0.2, -0.15) is 5.10 Å². The Labute approximate surface area is 165 Å². The van der Waals surface area contributed by atoms with Crippen molar-refractivity contribution in [1.29, 1.82) is 0 Å². The number of nitrogens with zero attached hydrogens (tertiary/aromatic N) is 3. The van der Waals surface area contributed by atoms with Crippen molar-refractivity contribution in [1.82, 2.24) is 9.97 Å². The van der Waals surface area contributed by atoms with Gasteiger partial charge in [-0.15, -0.1) is 0 Å². The van der Waals surface area contributed by atoms with Crippen molar-refractivity contribution in [2.75, 3.05) is 5.43 Å². The molecular weight excluding hydrogens is 372 g/mol. The molecule has 2 aromatic carbocycles. The molecule has 0 aliphatic heterocycles. The molecule has 0 aliphatic rings. The zero-order valence-corrected chi connectivity index (χ0v) is 16.8. The van der Waals surface area contributed by atoms with Crippen LogP contribution in [0.1, 0.15) is 25.0 Å². The summed E-state index contributed by atoms with van der Waals surface area (Å²) in [6, 6.07) is 14.8. The minimum Gasteiger partial charge on any atom is -0.245 e. The standard InChI is InChI=1S/C21H22N4O2S/c1-15(2)28(26,27)20-7-5-4-6-19(20)18-13-22-21(23-14-18)25-24-12-17-10-8-16(3)9-11-17/h4-15H,1-3H3,(H,22,23,25)/b24-12+. The van der Waals surface area contributed by atoms with Crippen molar-refractivity contribution in [2.45, 2.75) is 30.9 Å². The van der Waals surface area contributed by atoms with Crippen LogP contribution < -0.4 is 5.43 Å². The van der Waals surface area contributed by atoms with E-state index in [1.807, 2.05) is 31.2 Å².